The Hall–Kier alpha value is -2.70. The van der Waals surface area contributed by atoms with E-state index in [0.29, 0.717) is 18.8 Å². The third-order valence-electron chi connectivity index (χ3n) is 5.67. The molecule has 2 fully saturated rings. The number of rotatable bonds is 4. The number of carbonyl (C=O) groups excluding carboxylic acids is 1. The van der Waals surface area contributed by atoms with Crippen molar-refractivity contribution in [2.45, 2.75) is 32.2 Å². The summed E-state index contributed by atoms with van der Waals surface area (Å²) < 4.78 is 5.24. The van der Waals surface area contributed by atoms with Crippen LogP contribution in [0, 0.1) is 5.41 Å². The second-order valence-electron chi connectivity index (χ2n) is 7.55. The molecule has 2 aliphatic rings. The summed E-state index contributed by atoms with van der Waals surface area (Å²) in [6.07, 6.45) is 8.94. The Kier molecular flexibility index (Phi) is 4.92. The quantitative estimate of drug-likeness (QED) is 0.826. The maximum absolute atomic E-state index is 12.5. The monoisotopic (exact) mass is 367 g/mol. The molecule has 142 valence electrons. The lowest BCUT2D eigenvalue weighted by molar-refractivity contribution is -0.138. The minimum Gasteiger partial charge on any atom is -0.481 e. The number of carbonyl (C=O) groups is 1. The number of anilines is 1. The predicted octanol–water partition coefficient (Wildman–Crippen LogP) is 2.29. The number of aromatic nitrogens is 3. The van der Waals surface area contributed by atoms with Crippen molar-refractivity contribution in [2.24, 2.45) is 5.41 Å². The van der Waals surface area contributed by atoms with E-state index in [1.807, 2.05) is 29.3 Å². The van der Waals surface area contributed by atoms with Crippen LogP contribution in [0.15, 0.2) is 36.9 Å². The minimum atomic E-state index is 0.118. The molecule has 2 aromatic rings. The first-order valence-corrected chi connectivity index (χ1v) is 9.45. The fourth-order valence-corrected chi connectivity index (χ4v) is 4.31. The van der Waals surface area contributed by atoms with Gasteiger partial charge in [0.2, 0.25) is 11.8 Å². The highest BCUT2D eigenvalue weighted by molar-refractivity contribution is 5.77. The van der Waals surface area contributed by atoms with Gasteiger partial charge in [-0.3, -0.25) is 9.78 Å². The molecule has 0 aliphatic carbocycles. The van der Waals surface area contributed by atoms with Gasteiger partial charge in [-0.1, -0.05) is 6.07 Å². The van der Waals surface area contributed by atoms with Crippen molar-refractivity contribution in [3.05, 3.63) is 42.5 Å². The molecule has 0 unspecified atom stereocenters. The molecule has 0 radical (unpaired) electrons. The predicted molar refractivity (Wildman–Crippen MR) is 101 cm³/mol. The third kappa shape index (κ3) is 3.86. The molecule has 0 aromatic carbocycles. The second-order valence-corrected chi connectivity index (χ2v) is 7.55. The van der Waals surface area contributed by atoms with E-state index in [2.05, 4.69) is 19.9 Å². The molecule has 7 nitrogen and oxygen atoms in total. The fraction of sp³-hybridized carbons (Fsp3) is 0.500. The highest BCUT2D eigenvalue weighted by atomic mass is 16.5. The standard InChI is InChI=1S/C20H25N5O2/c1-27-18-10-17(22-15-23-18)24-9-3-6-20(13-24)7-5-19(26)25(14-20)12-16-4-2-8-21-11-16/h2,4,8,10-11,15H,3,5-7,9,12-14H2,1H3/t20-/m0/s1. The molecular weight excluding hydrogens is 342 g/mol. The van der Waals surface area contributed by atoms with E-state index in [-0.39, 0.29) is 11.3 Å². The summed E-state index contributed by atoms with van der Waals surface area (Å²) in [5.74, 6) is 1.72. The van der Waals surface area contributed by atoms with E-state index < -0.39 is 0 Å². The van der Waals surface area contributed by atoms with Crippen LogP contribution in [0.4, 0.5) is 5.82 Å². The molecule has 0 saturated carbocycles. The largest absolute Gasteiger partial charge is 0.481 e. The first-order chi connectivity index (χ1) is 13.2. The number of likely N-dealkylation sites (tertiary alicyclic amines) is 1. The number of hydrogen-bond acceptors (Lipinski definition) is 6. The minimum absolute atomic E-state index is 0.118. The van der Waals surface area contributed by atoms with E-state index in [1.54, 1.807) is 19.6 Å². The number of piperidine rings is 2. The number of methoxy groups -OCH3 is 1. The average molecular weight is 367 g/mol. The summed E-state index contributed by atoms with van der Waals surface area (Å²) in [6.45, 7) is 3.30. The molecule has 0 N–H and O–H groups in total. The molecule has 4 rings (SSSR count). The Morgan fingerprint density at radius 1 is 1.26 bits per heavy atom. The first-order valence-electron chi connectivity index (χ1n) is 9.45. The van der Waals surface area contributed by atoms with E-state index in [1.165, 1.54) is 0 Å². The van der Waals surface area contributed by atoms with Gasteiger partial charge < -0.3 is 14.5 Å². The normalized spacial score (nSPS) is 22.9. The Bertz CT molecular complexity index is 800. The van der Waals surface area contributed by atoms with Gasteiger partial charge in [-0.05, 0) is 30.9 Å². The van der Waals surface area contributed by atoms with Crippen LogP contribution in [0.5, 0.6) is 5.88 Å². The van der Waals surface area contributed by atoms with Crippen LogP contribution in [-0.4, -0.2) is 52.5 Å². The molecule has 1 amide bonds. The van der Waals surface area contributed by atoms with Gasteiger partial charge in [0.05, 0.1) is 7.11 Å². The molecule has 1 atom stereocenters. The molecule has 2 saturated heterocycles. The Morgan fingerprint density at radius 2 is 2.19 bits per heavy atom. The van der Waals surface area contributed by atoms with Gasteiger partial charge in [-0.15, -0.1) is 0 Å². The van der Waals surface area contributed by atoms with Crippen molar-refractivity contribution in [2.75, 3.05) is 31.6 Å². The van der Waals surface area contributed by atoms with Crippen molar-refractivity contribution in [1.82, 2.24) is 19.9 Å². The van der Waals surface area contributed by atoms with Crippen LogP contribution in [0.25, 0.3) is 0 Å². The van der Waals surface area contributed by atoms with Crippen LogP contribution < -0.4 is 9.64 Å². The number of pyridine rings is 1. The maximum Gasteiger partial charge on any atom is 0.222 e. The zero-order chi connectivity index (χ0) is 18.7. The summed E-state index contributed by atoms with van der Waals surface area (Å²) in [7, 11) is 1.62. The topological polar surface area (TPSA) is 71.5 Å². The van der Waals surface area contributed by atoms with Crippen LogP contribution >= 0.6 is 0 Å². The smallest absolute Gasteiger partial charge is 0.222 e. The van der Waals surface area contributed by atoms with Crippen molar-refractivity contribution in [1.29, 1.82) is 0 Å². The summed E-state index contributed by atoms with van der Waals surface area (Å²) in [5.41, 5.74) is 1.20. The number of ether oxygens (including phenoxy) is 1. The van der Waals surface area contributed by atoms with E-state index in [9.17, 15) is 4.79 Å². The molecule has 1 spiro atoms. The van der Waals surface area contributed by atoms with Crippen molar-refractivity contribution in [3.8, 4) is 5.88 Å². The second kappa shape index (κ2) is 7.50. The Balaban J connectivity index is 1.50. The Labute approximate surface area is 159 Å². The van der Waals surface area contributed by atoms with Crippen molar-refractivity contribution < 1.29 is 9.53 Å². The zero-order valence-electron chi connectivity index (χ0n) is 15.7. The average Bonchev–Trinajstić information content (AvgIpc) is 2.72. The molecule has 2 aliphatic heterocycles. The third-order valence-corrected chi connectivity index (χ3v) is 5.67. The lowest BCUT2D eigenvalue weighted by Crippen LogP contribution is -2.54. The van der Waals surface area contributed by atoms with Gasteiger partial charge in [0, 0.05) is 56.5 Å². The van der Waals surface area contributed by atoms with E-state index in [0.717, 1.165) is 50.3 Å². The number of nitrogens with zero attached hydrogens (tertiary/aromatic N) is 5. The Morgan fingerprint density at radius 3 is 3.00 bits per heavy atom. The molecule has 7 heteroatoms. The van der Waals surface area contributed by atoms with Crippen molar-refractivity contribution >= 4 is 11.7 Å². The molecule has 2 aromatic heterocycles. The maximum atomic E-state index is 12.5. The van der Waals surface area contributed by atoms with Gasteiger partial charge >= 0.3 is 0 Å². The highest BCUT2D eigenvalue weighted by Gasteiger charge is 2.42. The number of hydrogen-bond donors (Lipinski definition) is 0. The van der Waals surface area contributed by atoms with Crippen LogP contribution in [0.3, 0.4) is 0 Å². The first kappa shape index (κ1) is 17.7. The van der Waals surface area contributed by atoms with Crippen LogP contribution in [0.2, 0.25) is 0 Å². The lowest BCUT2D eigenvalue weighted by Gasteiger charge is -2.48. The number of amides is 1. The summed E-state index contributed by atoms with van der Waals surface area (Å²) in [4.78, 5) is 29.5. The van der Waals surface area contributed by atoms with Gasteiger partial charge in [0.15, 0.2) is 0 Å². The van der Waals surface area contributed by atoms with Crippen molar-refractivity contribution in [3.63, 3.8) is 0 Å². The van der Waals surface area contributed by atoms with Gasteiger partial charge in [-0.2, -0.15) is 0 Å². The lowest BCUT2D eigenvalue weighted by atomic mass is 9.73. The van der Waals surface area contributed by atoms with Crippen LogP contribution in [0.1, 0.15) is 31.2 Å². The highest BCUT2D eigenvalue weighted by Crippen LogP contribution is 2.40. The molecule has 0 bridgehead atoms. The summed E-state index contributed by atoms with van der Waals surface area (Å²) in [5, 5.41) is 0. The van der Waals surface area contributed by atoms with E-state index in [4.69, 9.17) is 4.74 Å². The molecule has 4 heterocycles. The summed E-state index contributed by atoms with van der Waals surface area (Å²) in [6, 6.07) is 5.84. The molecular formula is C20H25N5O2. The van der Waals surface area contributed by atoms with Crippen LogP contribution in [-0.2, 0) is 11.3 Å². The van der Waals surface area contributed by atoms with Gasteiger partial charge in [0.1, 0.15) is 12.1 Å². The zero-order valence-corrected chi connectivity index (χ0v) is 15.7. The van der Waals surface area contributed by atoms with E-state index >= 15 is 0 Å². The van der Waals surface area contributed by atoms with Gasteiger partial charge in [0.25, 0.3) is 0 Å². The molecule has 27 heavy (non-hydrogen) atoms. The SMILES string of the molecule is COc1cc(N2CCC[C@]3(CCC(=O)N(Cc4cccnc4)C3)C2)ncn1. The fourth-order valence-electron chi connectivity index (χ4n) is 4.31. The van der Waals surface area contributed by atoms with Gasteiger partial charge in [-0.25, -0.2) is 9.97 Å². The summed E-state index contributed by atoms with van der Waals surface area (Å²) >= 11 is 0.